The van der Waals surface area contributed by atoms with Gasteiger partial charge in [0, 0.05) is 11.4 Å². The summed E-state index contributed by atoms with van der Waals surface area (Å²) < 4.78 is 15.5. The van der Waals surface area contributed by atoms with Gasteiger partial charge in [0.1, 0.15) is 5.75 Å². The lowest BCUT2D eigenvalue weighted by atomic mass is 10.1. The van der Waals surface area contributed by atoms with Gasteiger partial charge in [-0.1, -0.05) is 6.07 Å². The lowest BCUT2D eigenvalue weighted by molar-refractivity contribution is 0.0514. The lowest BCUT2D eigenvalue weighted by Crippen LogP contribution is -2.17. The highest BCUT2D eigenvalue weighted by atomic mass is 16.5. The van der Waals surface area contributed by atoms with Gasteiger partial charge in [-0.3, -0.25) is 4.79 Å². The number of hydrogen-bond acceptors (Lipinski definition) is 6. The van der Waals surface area contributed by atoms with Gasteiger partial charge < -0.3 is 19.2 Å². The maximum Gasteiger partial charge on any atom is 0.340 e. The summed E-state index contributed by atoms with van der Waals surface area (Å²) >= 11 is 0. The molecule has 2 aromatic rings. The van der Waals surface area contributed by atoms with E-state index in [2.05, 4.69) is 4.98 Å². The Morgan fingerprint density at radius 2 is 1.56 bits per heavy atom. The molecule has 144 valence electrons. The van der Waals surface area contributed by atoms with Gasteiger partial charge in [-0.2, -0.15) is 0 Å². The normalized spacial score (nSPS) is 10.4. The Balaban J connectivity index is 2.16. The second-order valence-electron chi connectivity index (χ2n) is 5.81. The molecule has 0 radical (unpaired) electrons. The molecule has 1 aromatic heterocycles. The Morgan fingerprint density at radius 3 is 2.22 bits per heavy atom. The minimum absolute atomic E-state index is 0.216. The van der Waals surface area contributed by atoms with E-state index in [0.717, 1.165) is 0 Å². The third kappa shape index (κ3) is 4.75. The van der Waals surface area contributed by atoms with Crippen molar-refractivity contribution in [2.75, 3.05) is 19.8 Å². The zero-order valence-corrected chi connectivity index (χ0v) is 15.9. The summed E-state index contributed by atoms with van der Waals surface area (Å²) in [6.07, 6.45) is 0. The van der Waals surface area contributed by atoms with Crippen LogP contribution in [0, 0.1) is 13.8 Å². The zero-order chi connectivity index (χ0) is 20.0. The van der Waals surface area contributed by atoms with Gasteiger partial charge in [0.05, 0.1) is 29.9 Å². The van der Waals surface area contributed by atoms with Crippen LogP contribution in [0.4, 0.5) is 0 Å². The highest BCUT2D eigenvalue weighted by Gasteiger charge is 2.25. The smallest absolute Gasteiger partial charge is 0.340 e. The molecule has 1 N–H and O–H groups in total. The molecule has 0 bridgehead atoms. The molecule has 2 rings (SSSR count). The van der Waals surface area contributed by atoms with Gasteiger partial charge in [0.2, 0.25) is 5.78 Å². The van der Waals surface area contributed by atoms with Gasteiger partial charge >= 0.3 is 11.9 Å². The van der Waals surface area contributed by atoms with E-state index in [1.165, 1.54) is 6.07 Å². The second-order valence-corrected chi connectivity index (χ2v) is 5.81. The van der Waals surface area contributed by atoms with Crippen molar-refractivity contribution < 1.29 is 28.6 Å². The van der Waals surface area contributed by atoms with E-state index < -0.39 is 11.9 Å². The van der Waals surface area contributed by atoms with Crippen LogP contribution in [0.25, 0.3) is 0 Å². The van der Waals surface area contributed by atoms with E-state index in [-0.39, 0.29) is 36.7 Å². The molecule has 0 aliphatic rings. The van der Waals surface area contributed by atoms with E-state index in [9.17, 15) is 14.4 Å². The van der Waals surface area contributed by atoms with E-state index in [1.54, 1.807) is 45.9 Å². The van der Waals surface area contributed by atoms with Crippen LogP contribution in [-0.4, -0.2) is 42.5 Å². The third-order valence-electron chi connectivity index (χ3n) is 3.85. The summed E-state index contributed by atoms with van der Waals surface area (Å²) in [5.41, 5.74) is 1.96. The molecule has 0 aliphatic carbocycles. The molecule has 0 unspecified atom stereocenters. The molecule has 7 heteroatoms. The van der Waals surface area contributed by atoms with Gasteiger partial charge in [-0.15, -0.1) is 0 Å². The van der Waals surface area contributed by atoms with Crippen molar-refractivity contribution in [1.29, 1.82) is 0 Å². The van der Waals surface area contributed by atoms with Crippen molar-refractivity contribution in [2.45, 2.75) is 27.7 Å². The molecule has 1 aromatic carbocycles. The Morgan fingerprint density at radius 1 is 0.926 bits per heavy atom. The highest BCUT2D eigenvalue weighted by Crippen LogP contribution is 2.21. The number of carbonyl (C=O) groups is 3. The summed E-state index contributed by atoms with van der Waals surface area (Å²) in [5.74, 6) is -1.01. The van der Waals surface area contributed by atoms with Crippen LogP contribution in [-0.2, 0) is 9.47 Å². The van der Waals surface area contributed by atoms with E-state index in [0.29, 0.717) is 22.7 Å². The topological polar surface area (TPSA) is 94.7 Å². The molecule has 0 fully saturated rings. The second kappa shape index (κ2) is 9.02. The quantitative estimate of drug-likeness (QED) is 0.564. The van der Waals surface area contributed by atoms with E-state index in [4.69, 9.17) is 14.2 Å². The molecule has 0 saturated carbocycles. The first-order valence-electron chi connectivity index (χ1n) is 8.68. The minimum atomic E-state index is -0.549. The SMILES string of the molecule is CCOC(=O)c1cccc(OCC(=O)c2c(C)[nH]c(C)c2C(=O)OCC)c1. The molecule has 0 aliphatic heterocycles. The molecule has 27 heavy (non-hydrogen) atoms. The average Bonchev–Trinajstić information content (AvgIpc) is 2.94. The van der Waals surface area contributed by atoms with Crippen LogP contribution in [0.1, 0.15) is 56.3 Å². The number of esters is 2. The predicted molar refractivity (Wildman–Crippen MR) is 98.4 cm³/mol. The van der Waals surface area contributed by atoms with Crippen molar-refractivity contribution in [3.8, 4) is 5.75 Å². The molecule has 7 nitrogen and oxygen atoms in total. The van der Waals surface area contributed by atoms with Crippen molar-refractivity contribution in [2.24, 2.45) is 0 Å². The van der Waals surface area contributed by atoms with Gasteiger partial charge in [-0.25, -0.2) is 9.59 Å². The lowest BCUT2D eigenvalue weighted by Gasteiger charge is -2.09. The highest BCUT2D eigenvalue weighted by molar-refractivity contribution is 6.08. The van der Waals surface area contributed by atoms with Crippen molar-refractivity contribution >= 4 is 17.7 Å². The van der Waals surface area contributed by atoms with E-state index >= 15 is 0 Å². The molecule has 0 saturated heterocycles. The monoisotopic (exact) mass is 373 g/mol. The summed E-state index contributed by atoms with van der Waals surface area (Å²) in [6.45, 7) is 7.05. The summed E-state index contributed by atoms with van der Waals surface area (Å²) in [5, 5.41) is 0. The first kappa shape index (κ1) is 20.2. The molecule has 1 heterocycles. The zero-order valence-electron chi connectivity index (χ0n) is 15.9. The molecule has 0 atom stereocenters. The Kier molecular flexibility index (Phi) is 6.76. The van der Waals surface area contributed by atoms with Gasteiger partial charge in [0.25, 0.3) is 0 Å². The minimum Gasteiger partial charge on any atom is -0.485 e. The summed E-state index contributed by atoms with van der Waals surface area (Å²) in [4.78, 5) is 39.6. The van der Waals surface area contributed by atoms with Gasteiger partial charge in [-0.05, 0) is 45.9 Å². The average molecular weight is 373 g/mol. The van der Waals surface area contributed by atoms with Crippen LogP contribution in [0.2, 0.25) is 0 Å². The number of nitrogens with one attached hydrogen (secondary N) is 1. The standard InChI is InChI=1S/C20H23NO6/c1-5-25-19(23)14-8-7-9-15(10-14)27-11-16(22)17-12(3)21-13(4)18(17)20(24)26-6-2/h7-10,21H,5-6,11H2,1-4H3. The fourth-order valence-corrected chi connectivity index (χ4v) is 2.74. The molecule has 0 spiro atoms. The van der Waals surface area contributed by atoms with Crippen LogP contribution in [0.5, 0.6) is 5.75 Å². The number of rotatable bonds is 8. The predicted octanol–water partition coefficient (Wildman–Crippen LogP) is 3.25. The fraction of sp³-hybridized carbons (Fsp3) is 0.350. The number of aromatic nitrogens is 1. The number of aromatic amines is 1. The maximum absolute atomic E-state index is 12.7. The fourth-order valence-electron chi connectivity index (χ4n) is 2.74. The van der Waals surface area contributed by atoms with Crippen molar-refractivity contribution in [3.63, 3.8) is 0 Å². The maximum atomic E-state index is 12.7. The number of ketones is 1. The molecule has 0 amide bonds. The van der Waals surface area contributed by atoms with Crippen LogP contribution in [0.15, 0.2) is 24.3 Å². The number of Topliss-reactive ketones (excluding diaryl/α,β-unsaturated/α-hetero) is 1. The van der Waals surface area contributed by atoms with Crippen molar-refractivity contribution in [1.82, 2.24) is 4.98 Å². The van der Waals surface area contributed by atoms with Crippen molar-refractivity contribution in [3.05, 3.63) is 52.3 Å². The number of H-pyrrole nitrogens is 1. The Hall–Kier alpha value is -3.09. The largest absolute Gasteiger partial charge is 0.485 e. The van der Waals surface area contributed by atoms with Crippen LogP contribution < -0.4 is 4.74 Å². The number of benzene rings is 1. The third-order valence-corrected chi connectivity index (χ3v) is 3.85. The first-order chi connectivity index (χ1) is 12.9. The molecular weight excluding hydrogens is 350 g/mol. The van der Waals surface area contributed by atoms with E-state index in [1.807, 2.05) is 0 Å². The summed E-state index contributed by atoms with van der Waals surface area (Å²) in [6, 6.07) is 6.39. The van der Waals surface area contributed by atoms with Gasteiger partial charge in [0.15, 0.2) is 6.61 Å². The van der Waals surface area contributed by atoms with Crippen LogP contribution in [0.3, 0.4) is 0 Å². The van der Waals surface area contributed by atoms with Crippen LogP contribution >= 0.6 is 0 Å². The molecular formula is C20H23NO6. The Labute approximate surface area is 157 Å². The Bertz CT molecular complexity index is 852. The number of carbonyl (C=O) groups excluding carboxylic acids is 3. The first-order valence-corrected chi connectivity index (χ1v) is 8.68. The number of hydrogen-bond donors (Lipinski definition) is 1. The number of aryl methyl sites for hydroxylation is 2. The summed E-state index contributed by atoms with van der Waals surface area (Å²) in [7, 11) is 0. The number of ether oxygens (including phenoxy) is 3.